The number of thiophene rings is 1. The average Bonchev–Trinajstić information content (AvgIpc) is 3.05. The van der Waals surface area contributed by atoms with E-state index in [9.17, 15) is 14.9 Å². The van der Waals surface area contributed by atoms with Crippen molar-refractivity contribution >= 4 is 28.7 Å². The maximum absolute atomic E-state index is 12.8. The number of carbonyl (C=O) groups excluding carboxylic acids is 2. The first-order valence-corrected chi connectivity index (χ1v) is 9.39. The molecular weight excluding hydrogens is 348 g/mol. The predicted molar refractivity (Wildman–Crippen MR) is 101 cm³/mol. The fourth-order valence-corrected chi connectivity index (χ4v) is 4.44. The van der Waals surface area contributed by atoms with Crippen molar-refractivity contribution in [2.45, 2.75) is 26.2 Å². The molecule has 1 aromatic heterocycles. The Morgan fingerprint density at radius 1 is 1.42 bits per heavy atom. The number of anilines is 1. The molecule has 0 saturated heterocycles. The summed E-state index contributed by atoms with van der Waals surface area (Å²) >= 11 is 1.55. The van der Waals surface area contributed by atoms with Crippen LogP contribution in [0, 0.1) is 23.2 Å². The molecule has 0 aliphatic heterocycles. The summed E-state index contributed by atoms with van der Waals surface area (Å²) in [5.41, 5.74) is 2.04. The number of nitrogens with one attached hydrogen (secondary N) is 1. The number of hydrogen-bond donors (Lipinski definition) is 1. The van der Waals surface area contributed by atoms with Gasteiger partial charge in [0.2, 0.25) is 5.91 Å². The second-order valence-electron chi connectivity index (χ2n) is 6.55. The third-order valence-corrected chi connectivity index (χ3v) is 5.71. The zero-order chi connectivity index (χ0) is 18.7. The van der Waals surface area contributed by atoms with E-state index >= 15 is 0 Å². The molecule has 6 heteroatoms. The molecule has 2 aromatic rings. The van der Waals surface area contributed by atoms with Gasteiger partial charge in [-0.15, -0.1) is 11.3 Å². The zero-order valence-corrected chi connectivity index (χ0v) is 15.6. The summed E-state index contributed by atoms with van der Waals surface area (Å²) in [6.07, 6.45) is 2.81. The van der Waals surface area contributed by atoms with E-state index in [0.717, 1.165) is 24.8 Å². The van der Waals surface area contributed by atoms with Gasteiger partial charge in [-0.2, -0.15) is 5.26 Å². The molecule has 0 fully saturated rings. The summed E-state index contributed by atoms with van der Waals surface area (Å²) in [5, 5.41) is 13.9. The number of fused-ring (bicyclic) bond motifs is 1. The smallest absolute Gasteiger partial charge is 0.249 e. The molecule has 3 rings (SSSR count). The van der Waals surface area contributed by atoms with Crippen LogP contribution in [0.1, 0.15) is 34.1 Å². The maximum Gasteiger partial charge on any atom is 0.249 e. The highest BCUT2D eigenvalue weighted by molar-refractivity contribution is 7.10. The molecule has 0 spiro atoms. The molecule has 5 nitrogen and oxygen atoms in total. The lowest BCUT2D eigenvalue weighted by Gasteiger charge is -2.19. The zero-order valence-electron chi connectivity index (χ0n) is 14.7. The van der Waals surface area contributed by atoms with E-state index in [1.807, 2.05) is 6.07 Å². The maximum atomic E-state index is 12.8. The van der Waals surface area contributed by atoms with Gasteiger partial charge >= 0.3 is 0 Å². The molecule has 1 aliphatic carbocycles. The Morgan fingerprint density at radius 3 is 2.96 bits per heavy atom. The standard InChI is InChI=1S/C20H20N2O3S/c1-12-6-7-15-17(11-26-18(15)8-12)19(23)16(10-21)20(24)22-13-4-3-5-14(9-13)25-2/h3-5,9,11-12,16H,6-8H2,1-2H3,(H,22,24). The van der Waals surface area contributed by atoms with E-state index in [1.54, 1.807) is 41.0 Å². The molecule has 0 bridgehead atoms. The predicted octanol–water partition coefficient (Wildman–Crippen LogP) is 3.84. The molecule has 26 heavy (non-hydrogen) atoms. The van der Waals surface area contributed by atoms with E-state index in [-0.39, 0.29) is 0 Å². The van der Waals surface area contributed by atoms with Crippen LogP contribution in [-0.4, -0.2) is 18.8 Å². The first-order chi connectivity index (χ1) is 12.5. The number of ketones is 1. The van der Waals surface area contributed by atoms with E-state index in [4.69, 9.17) is 4.74 Å². The number of amides is 1. The highest BCUT2D eigenvalue weighted by Crippen LogP contribution is 2.34. The molecule has 1 aromatic carbocycles. The van der Waals surface area contributed by atoms with Gasteiger partial charge < -0.3 is 10.1 Å². The highest BCUT2D eigenvalue weighted by Gasteiger charge is 2.32. The van der Waals surface area contributed by atoms with Crippen molar-refractivity contribution < 1.29 is 14.3 Å². The van der Waals surface area contributed by atoms with Crippen molar-refractivity contribution in [3.05, 3.63) is 45.6 Å². The van der Waals surface area contributed by atoms with Crippen LogP contribution < -0.4 is 10.1 Å². The Morgan fingerprint density at radius 2 is 2.23 bits per heavy atom. The van der Waals surface area contributed by atoms with Crippen LogP contribution in [0.5, 0.6) is 5.75 Å². The van der Waals surface area contributed by atoms with Crippen molar-refractivity contribution in [2.24, 2.45) is 11.8 Å². The summed E-state index contributed by atoms with van der Waals surface area (Å²) in [4.78, 5) is 26.6. The molecular formula is C20H20N2O3S. The lowest BCUT2D eigenvalue weighted by molar-refractivity contribution is -0.117. The summed E-state index contributed by atoms with van der Waals surface area (Å²) in [5.74, 6) is -1.20. The minimum atomic E-state index is -1.36. The number of methoxy groups -OCH3 is 1. The second-order valence-corrected chi connectivity index (χ2v) is 7.51. The van der Waals surface area contributed by atoms with Gasteiger partial charge in [0.1, 0.15) is 5.75 Å². The van der Waals surface area contributed by atoms with E-state index in [0.29, 0.717) is 22.9 Å². The summed E-state index contributed by atoms with van der Waals surface area (Å²) in [6.45, 7) is 2.20. The van der Waals surface area contributed by atoms with Crippen molar-refractivity contribution in [3.63, 3.8) is 0 Å². The van der Waals surface area contributed by atoms with Gasteiger partial charge in [-0.1, -0.05) is 13.0 Å². The Labute approximate surface area is 156 Å². The second kappa shape index (κ2) is 7.71. The first-order valence-electron chi connectivity index (χ1n) is 8.51. The summed E-state index contributed by atoms with van der Waals surface area (Å²) in [6, 6.07) is 8.68. The van der Waals surface area contributed by atoms with Crippen LogP contribution in [0.3, 0.4) is 0 Å². The normalized spacial score (nSPS) is 16.9. The molecule has 1 aliphatic rings. The van der Waals surface area contributed by atoms with Crippen LogP contribution in [-0.2, 0) is 17.6 Å². The van der Waals surface area contributed by atoms with Crippen molar-refractivity contribution in [3.8, 4) is 11.8 Å². The van der Waals surface area contributed by atoms with E-state index < -0.39 is 17.6 Å². The van der Waals surface area contributed by atoms with Crippen molar-refractivity contribution in [2.75, 3.05) is 12.4 Å². The number of ether oxygens (including phenoxy) is 1. The number of nitrogens with zero attached hydrogens (tertiary/aromatic N) is 1. The van der Waals surface area contributed by atoms with Gasteiger partial charge in [0.25, 0.3) is 0 Å². The number of hydrogen-bond acceptors (Lipinski definition) is 5. The molecule has 2 atom stereocenters. The van der Waals surface area contributed by atoms with Crippen molar-refractivity contribution in [1.29, 1.82) is 5.26 Å². The number of carbonyl (C=O) groups is 2. The number of rotatable bonds is 5. The average molecular weight is 368 g/mol. The Kier molecular flexibility index (Phi) is 5.38. The number of Topliss-reactive ketones (excluding diaryl/α,β-unsaturated/α-hetero) is 1. The summed E-state index contributed by atoms with van der Waals surface area (Å²) < 4.78 is 5.12. The SMILES string of the molecule is COc1cccc(NC(=O)C(C#N)C(=O)c2csc3c2CCC(C)C3)c1. The van der Waals surface area contributed by atoms with Gasteiger partial charge in [-0.3, -0.25) is 9.59 Å². The third-order valence-electron chi connectivity index (χ3n) is 4.66. The minimum absolute atomic E-state index is 0.417. The molecule has 0 radical (unpaired) electrons. The quantitative estimate of drug-likeness (QED) is 0.642. The van der Waals surface area contributed by atoms with Crippen LogP contribution in [0.15, 0.2) is 29.6 Å². The monoisotopic (exact) mass is 368 g/mol. The lowest BCUT2D eigenvalue weighted by atomic mass is 9.86. The van der Waals surface area contributed by atoms with Crippen LogP contribution in [0.4, 0.5) is 5.69 Å². The lowest BCUT2D eigenvalue weighted by Crippen LogP contribution is -2.29. The highest BCUT2D eigenvalue weighted by atomic mass is 32.1. The minimum Gasteiger partial charge on any atom is -0.497 e. The van der Waals surface area contributed by atoms with Gasteiger partial charge in [0.05, 0.1) is 13.2 Å². The van der Waals surface area contributed by atoms with Gasteiger partial charge in [-0.25, -0.2) is 0 Å². The molecule has 0 saturated carbocycles. The van der Waals surface area contributed by atoms with Crippen molar-refractivity contribution in [1.82, 2.24) is 0 Å². The Balaban J connectivity index is 1.79. The fraction of sp³-hybridized carbons (Fsp3) is 0.350. The Hall–Kier alpha value is -2.65. The summed E-state index contributed by atoms with van der Waals surface area (Å²) in [7, 11) is 1.53. The topological polar surface area (TPSA) is 79.2 Å². The Bertz CT molecular complexity index is 881. The number of benzene rings is 1. The van der Waals surface area contributed by atoms with E-state index in [1.165, 1.54) is 12.0 Å². The van der Waals surface area contributed by atoms with Gasteiger partial charge in [0.15, 0.2) is 11.7 Å². The van der Waals surface area contributed by atoms with Crippen LogP contribution in [0.25, 0.3) is 0 Å². The van der Waals surface area contributed by atoms with Gasteiger partial charge in [0, 0.05) is 27.6 Å². The molecule has 1 N–H and O–H groups in total. The van der Waals surface area contributed by atoms with Crippen LogP contribution in [0.2, 0.25) is 0 Å². The largest absolute Gasteiger partial charge is 0.497 e. The fourth-order valence-electron chi connectivity index (χ4n) is 3.19. The van der Waals surface area contributed by atoms with Crippen LogP contribution >= 0.6 is 11.3 Å². The third kappa shape index (κ3) is 3.63. The number of nitriles is 1. The van der Waals surface area contributed by atoms with Gasteiger partial charge in [-0.05, 0) is 42.9 Å². The molecule has 1 heterocycles. The van der Waals surface area contributed by atoms with E-state index in [2.05, 4.69) is 12.2 Å². The molecule has 134 valence electrons. The molecule has 2 unspecified atom stereocenters. The molecule has 1 amide bonds. The first kappa shape index (κ1) is 18.2.